The van der Waals surface area contributed by atoms with Gasteiger partial charge in [-0.15, -0.1) is 34.2 Å². The quantitative estimate of drug-likeness (QED) is 0.169. The smallest absolute Gasteiger partial charge is 0.191 e. The number of aryl methyl sites for hydroxylation is 1. The molecule has 0 unspecified atom stereocenters. The highest BCUT2D eigenvalue weighted by atomic mass is 127. The first-order valence-corrected chi connectivity index (χ1v) is 10.2. The third-order valence-electron chi connectivity index (χ3n) is 4.28. The first-order valence-electron chi connectivity index (χ1n) is 10.2. The number of halogens is 1. The lowest BCUT2D eigenvalue weighted by Gasteiger charge is -2.12. The van der Waals surface area contributed by atoms with Gasteiger partial charge in [-0.25, -0.2) is 0 Å². The molecule has 0 atom stereocenters. The number of guanidine groups is 1. The summed E-state index contributed by atoms with van der Waals surface area (Å²) >= 11 is 0. The average molecular weight is 494 g/mol. The minimum Gasteiger partial charge on any atom is -0.381 e. The number of aliphatic imine (C=N–C) groups is 1. The number of nitrogens with zero attached hydrogens (tertiary/aromatic N) is 4. The molecule has 0 aliphatic carbocycles. The monoisotopic (exact) mass is 494 g/mol. The fourth-order valence-corrected chi connectivity index (χ4v) is 2.72. The van der Waals surface area contributed by atoms with Gasteiger partial charge in [-0.3, -0.25) is 4.99 Å². The summed E-state index contributed by atoms with van der Waals surface area (Å²) in [7, 11) is 1.79. The Bertz CT molecular complexity index is 481. The molecule has 1 aromatic heterocycles. The normalized spacial score (nSPS) is 11.3. The van der Waals surface area contributed by atoms with E-state index in [-0.39, 0.29) is 24.0 Å². The van der Waals surface area contributed by atoms with E-state index in [1.165, 1.54) is 38.5 Å². The third-order valence-corrected chi connectivity index (χ3v) is 4.28. The van der Waals surface area contributed by atoms with E-state index in [1.54, 1.807) is 13.4 Å². The summed E-state index contributed by atoms with van der Waals surface area (Å²) < 4.78 is 7.76. The van der Waals surface area contributed by atoms with Crippen LogP contribution in [-0.4, -0.2) is 54.1 Å². The summed E-state index contributed by atoms with van der Waals surface area (Å²) in [6.45, 7) is 8.52. The second-order valence-electron chi connectivity index (χ2n) is 6.45. The Hall–Kier alpha value is -0.900. The second kappa shape index (κ2) is 18.5. The van der Waals surface area contributed by atoms with Crippen LogP contribution in [0.15, 0.2) is 11.3 Å². The largest absolute Gasteiger partial charge is 0.381 e. The predicted octanol–water partition coefficient (Wildman–Crippen LogP) is 3.39. The van der Waals surface area contributed by atoms with Crippen molar-refractivity contribution in [2.75, 3.05) is 33.4 Å². The lowest BCUT2D eigenvalue weighted by molar-refractivity contribution is 0.128. The molecule has 27 heavy (non-hydrogen) atoms. The SMILES string of the molecule is CCCCCCCCOCCCNC(=NC)NCCn1cnnc1CC.I. The number of hydrogen-bond donors (Lipinski definition) is 2. The Kier molecular flexibility index (Phi) is 17.8. The molecule has 0 radical (unpaired) electrons. The van der Waals surface area contributed by atoms with Crippen molar-refractivity contribution in [3.63, 3.8) is 0 Å². The molecular weight excluding hydrogens is 455 g/mol. The van der Waals surface area contributed by atoms with Crippen LogP contribution in [0, 0.1) is 0 Å². The van der Waals surface area contributed by atoms with E-state index in [0.29, 0.717) is 0 Å². The molecule has 0 amide bonds. The van der Waals surface area contributed by atoms with Crippen molar-refractivity contribution < 1.29 is 4.74 Å². The molecule has 0 saturated carbocycles. The zero-order chi connectivity index (χ0) is 18.9. The van der Waals surface area contributed by atoms with Crippen LogP contribution in [0.2, 0.25) is 0 Å². The molecule has 0 aromatic carbocycles. The lowest BCUT2D eigenvalue weighted by Crippen LogP contribution is -2.39. The van der Waals surface area contributed by atoms with Gasteiger partial charge in [0.05, 0.1) is 0 Å². The second-order valence-corrected chi connectivity index (χ2v) is 6.45. The maximum atomic E-state index is 5.69. The third kappa shape index (κ3) is 13.0. The van der Waals surface area contributed by atoms with Crippen LogP contribution in [-0.2, 0) is 17.7 Å². The molecule has 0 aliphatic rings. The molecule has 0 bridgehead atoms. The summed E-state index contributed by atoms with van der Waals surface area (Å²) in [5.74, 6) is 1.84. The summed E-state index contributed by atoms with van der Waals surface area (Å²) in [5, 5.41) is 14.7. The van der Waals surface area contributed by atoms with Gasteiger partial charge in [0.2, 0.25) is 0 Å². The van der Waals surface area contributed by atoms with Gasteiger partial charge in [0.25, 0.3) is 0 Å². The van der Waals surface area contributed by atoms with E-state index < -0.39 is 0 Å². The molecule has 1 aromatic rings. The van der Waals surface area contributed by atoms with Gasteiger partial charge in [0, 0.05) is 46.3 Å². The van der Waals surface area contributed by atoms with Crippen LogP contribution in [0.3, 0.4) is 0 Å². The highest BCUT2D eigenvalue weighted by Gasteiger charge is 2.02. The van der Waals surface area contributed by atoms with Crippen molar-refractivity contribution >= 4 is 29.9 Å². The summed E-state index contributed by atoms with van der Waals surface area (Å²) in [4.78, 5) is 4.25. The fraction of sp³-hybridized carbons (Fsp3) is 0.842. The standard InChI is InChI=1S/C19H38N6O.HI/c1-4-6-7-8-9-10-15-26-16-11-12-21-19(20-3)22-13-14-25-17-23-24-18(25)5-2;/h17H,4-16H2,1-3H3,(H2,20,21,22);1H. The maximum Gasteiger partial charge on any atom is 0.191 e. The molecule has 7 nitrogen and oxygen atoms in total. The first-order chi connectivity index (χ1) is 12.8. The van der Waals surface area contributed by atoms with Crippen LogP contribution in [0.5, 0.6) is 0 Å². The molecule has 0 saturated heterocycles. The lowest BCUT2D eigenvalue weighted by atomic mass is 10.1. The Balaban J connectivity index is 0.00000676. The Morgan fingerprint density at radius 1 is 1.04 bits per heavy atom. The summed E-state index contributed by atoms with van der Waals surface area (Å²) in [5.41, 5.74) is 0. The molecule has 8 heteroatoms. The van der Waals surface area contributed by atoms with Crippen molar-refractivity contribution in [2.24, 2.45) is 4.99 Å². The van der Waals surface area contributed by atoms with Crippen molar-refractivity contribution in [3.05, 3.63) is 12.2 Å². The van der Waals surface area contributed by atoms with Crippen molar-refractivity contribution in [1.82, 2.24) is 25.4 Å². The van der Waals surface area contributed by atoms with Crippen molar-refractivity contribution in [1.29, 1.82) is 0 Å². The Morgan fingerprint density at radius 3 is 2.48 bits per heavy atom. The van der Waals surface area contributed by atoms with Gasteiger partial charge >= 0.3 is 0 Å². The number of ether oxygens (including phenoxy) is 1. The van der Waals surface area contributed by atoms with Gasteiger partial charge in [0.1, 0.15) is 12.2 Å². The van der Waals surface area contributed by atoms with Crippen LogP contribution in [0.4, 0.5) is 0 Å². The Labute approximate surface area is 182 Å². The van der Waals surface area contributed by atoms with Crippen molar-refractivity contribution in [3.8, 4) is 0 Å². The summed E-state index contributed by atoms with van der Waals surface area (Å²) in [6.07, 6.45) is 11.5. The van der Waals surface area contributed by atoms with Crippen LogP contribution < -0.4 is 10.6 Å². The van der Waals surface area contributed by atoms with Crippen molar-refractivity contribution in [2.45, 2.75) is 71.8 Å². The zero-order valence-electron chi connectivity index (χ0n) is 17.4. The number of rotatable bonds is 15. The molecule has 2 N–H and O–H groups in total. The zero-order valence-corrected chi connectivity index (χ0v) is 19.7. The van der Waals surface area contributed by atoms with E-state index in [1.807, 2.05) is 0 Å². The fourth-order valence-electron chi connectivity index (χ4n) is 2.72. The molecule has 0 spiro atoms. The van der Waals surface area contributed by atoms with E-state index in [9.17, 15) is 0 Å². The molecule has 158 valence electrons. The van der Waals surface area contributed by atoms with Crippen LogP contribution in [0.1, 0.15) is 64.6 Å². The highest BCUT2D eigenvalue weighted by Crippen LogP contribution is 2.04. The average Bonchev–Trinajstić information content (AvgIpc) is 3.12. The highest BCUT2D eigenvalue weighted by molar-refractivity contribution is 14.0. The molecular formula is C19H39IN6O. The van der Waals surface area contributed by atoms with Gasteiger partial charge in [-0.05, 0) is 12.8 Å². The molecule has 0 aliphatic heterocycles. The number of nitrogens with one attached hydrogen (secondary N) is 2. The minimum absolute atomic E-state index is 0. The predicted molar refractivity (Wildman–Crippen MR) is 123 cm³/mol. The van der Waals surface area contributed by atoms with Gasteiger partial charge < -0.3 is 19.9 Å². The van der Waals surface area contributed by atoms with E-state index in [2.05, 4.69) is 44.2 Å². The van der Waals surface area contributed by atoms with Crippen LogP contribution >= 0.6 is 24.0 Å². The molecule has 0 fully saturated rings. The van der Waals surface area contributed by atoms with E-state index in [0.717, 1.165) is 57.5 Å². The van der Waals surface area contributed by atoms with Gasteiger partial charge in [-0.2, -0.15) is 0 Å². The van der Waals surface area contributed by atoms with Gasteiger partial charge in [0.15, 0.2) is 5.96 Å². The molecule has 1 heterocycles. The van der Waals surface area contributed by atoms with Crippen LogP contribution in [0.25, 0.3) is 0 Å². The van der Waals surface area contributed by atoms with Gasteiger partial charge in [-0.1, -0.05) is 46.0 Å². The summed E-state index contributed by atoms with van der Waals surface area (Å²) in [6, 6.07) is 0. The number of aromatic nitrogens is 3. The van der Waals surface area contributed by atoms with E-state index in [4.69, 9.17) is 4.74 Å². The number of hydrogen-bond acceptors (Lipinski definition) is 4. The Morgan fingerprint density at radius 2 is 1.74 bits per heavy atom. The first kappa shape index (κ1) is 26.1. The van der Waals surface area contributed by atoms with E-state index >= 15 is 0 Å². The number of unbranched alkanes of at least 4 members (excludes halogenated alkanes) is 5. The molecule has 1 rings (SSSR count). The maximum absolute atomic E-state index is 5.69. The minimum atomic E-state index is 0. The topological polar surface area (TPSA) is 76.4 Å².